The summed E-state index contributed by atoms with van der Waals surface area (Å²) in [6.45, 7) is 6.05. The second-order valence-corrected chi connectivity index (χ2v) is 6.81. The molecule has 0 saturated carbocycles. The van der Waals surface area contributed by atoms with Crippen LogP contribution in [0.25, 0.3) is 0 Å². The number of rotatable bonds is 2. The minimum absolute atomic E-state index is 0.0188. The van der Waals surface area contributed by atoms with E-state index in [1.165, 1.54) is 0 Å². The molecule has 0 saturated heterocycles. The van der Waals surface area contributed by atoms with Crippen LogP contribution in [0, 0.1) is 6.92 Å². The number of hydrogen-bond acceptors (Lipinski definition) is 2. The molecule has 0 fully saturated rings. The zero-order valence-corrected chi connectivity index (χ0v) is 14.1. The fourth-order valence-corrected chi connectivity index (χ4v) is 2.91. The molecule has 2 aromatic rings. The third-order valence-electron chi connectivity index (χ3n) is 4.19. The highest BCUT2D eigenvalue weighted by atomic mass is 16.2. The topological polar surface area (TPSA) is 70.2 Å². The Labute approximate surface area is 141 Å². The fourth-order valence-electron chi connectivity index (χ4n) is 2.91. The van der Waals surface area contributed by atoms with Crippen LogP contribution in [0.1, 0.15) is 31.4 Å². The van der Waals surface area contributed by atoms with E-state index < -0.39 is 0 Å². The zero-order chi connectivity index (χ0) is 17.3. The van der Waals surface area contributed by atoms with Crippen molar-refractivity contribution in [2.75, 3.05) is 16.0 Å². The Balaban J connectivity index is 1.75. The summed E-state index contributed by atoms with van der Waals surface area (Å²) in [5.41, 5.74) is 4.14. The first-order valence-electron chi connectivity index (χ1n) is 7.92. The van der Waals surface area contributed by atoms with Crippen molar-refractivity contribution < 1.29 is 9.59 Å². The SMILES string of the molecule is Cc1ccc(NC(=O)Nc2ccc3c(c2)C(C)(C)CC(=O)N3)cc1. The second kappa shape index (κ2) is 6.00. The molecule has 5 heteroatoms. The predicted molar refractivity (Wildman–Crippen MR) is 96.5 cm³/mol. The molecule has 0 aromatic heterocycles. The van der Waals surface area contributed by atoms with Crippen LogP contribution in [-0.4, -0.2) is 11.9 Å². The maximum atomic E-state index is 12.2. The number of fused-ring (bicyclic) bond motifs is 1. The molecule has 24 heavy (non-hydrogen) atoms. The van der Waals surface area contributed by atoms with Crippen LogP contribution in [0.3, 0.4) is 0 Å². The second-order valence-electron chi connectivity index (χ2n) is 6.81. The number of benzene rings is 2. The summed E-state index contributed by atoms with van der Waals surface area (Å²) < 4.78 is 0. The lowest BCUT2D eigenvalue weighted by atomic mass is 9.78. The van der Waals surface area contributed by atoms with E-state index in [0.717, 1.165) is 22.5 Å². The standard InChI is InChI=1S/C19H21N3O2/c1-12-4-6-13(7-5-12)20-18(24)21-14-8-9-16-15(10-14)19(2,3)11-17(23)22-16/h4-10H,11H2,1-3H3,(H,22,23)(H2,20,21,24). The van der Waals surface area contributed by atoms with Crippen LogP contribution < -0.4 is 16.0 Å². The molecular weight excluding hydrogens is 302 g/mol. The van der Waals surface area contributed by atoms with E-state index >= 15 is 0 Å². The molecule has 3 amide bonds. The predicted octanol–water partition coefficient (Wildman–Crippen LogP) is 4.26. The minimum atomic E-state index is -0.295. The summed E-state index contributed by atoms with van der Waals surface area (Å²) in [5, 5.41) is 8.52. The van der Waals surface area contributed by atoms with E-state index in [-0.39, 0.29) is 17.4 Å². The quantitative estimate of drug-likeness (QED) is 0.773. The molecule has 3 rings (SSSR count). The molecule has 5 nitrogen and oxygen atoms in total. The van der Waals surface area contributed by atoms with Crippen LogP contribution in [-0.2, 0) is 10.2 Å². The Morgan fingerprint density at radius 2 is 1.67 bits per heavy atom. The largest absolute Gasteiger partial charge is 0.326 e. The first kappa shape index (κ1) is 16.1. The van der Waals surface area contributed by atoms with Gasteiger partial charge >= 0.3 is 6.03 Å². The van der Waals surface area contributed by atoms with Crippen molar-refractivity contribution >= 4 is 29.0 Å². The Morgan fingerprint density at radius 3 is 2.38 bits per heavy atom. The highest BCUT2D eigenvalue weighted by Gasteiger charge is 2.32. The number of amides is 3. The first-order valence-corrected chi connectivity index (χ1v) is 7.92. The Kier molecular flexibility index (Phi) is 4.01. The molecule has 124 valence electrons. The van der Waals surface area contributed by atoms with Gasteiger partial charge in [0.2, 0.25) is 5.91 Å². The number of urea groups is 1. The summed E-state index contributed by atoms with van der Waals surface area (Å²) in [6.07, 6.45) is 0.430. The van der Waals surface area contributed by atoms with Gasteiger partial charge in [-0.3, -0.25) is 4.79 Å². The molecule has 1 aliphatic heterocycles. The molecule has 1 aliphatic rings. The number of nitrogens with one attached hydrogen (secondary N) is 3. The Hall–Kier alpha value is -2.82. The smallest absolute Gasteiger partial charge is 0.323 e. The van der Waals surface area contributed by atoms with Crippen LogP contribution in [0.2, 0.25) is 0 Å². The van der Waals surface area contributed by atoms with Crippen molar-refractivity contribution in [3.05, 3.63) is 53.6 Å². The third-order valence-corrected chi connectivity index (χ3v) is 4.19. The van der Waals surface area contributed by atoms with E-state index in [4.69, 9.17) is 0 Å². The van der Waals surface area contributed by atoms with Crippen molar-refractivity contribution in [1.82, 2.24) is 0 Å². The van der Waals surface area contributed by atoms with Gasteiger partial charge in [-0.1, -0.05) is 31.5 Å². The molecule has 0 unspecified atom stereocenters. The van der Waals surface area contributed by atoms with Gasteiger partial charge < -0.3 is 16.0 Å². The van der Waals surface area contributed by atoms with Gasteiger partial charge in [-0.25, -0.2) is 4.79 Å². The van der Waals surface area contributed by atoms with Crippen LogP contribution >= 0.6 is 0 Å². The number of anilines is 3. The molecule has 3 N–H and O–H groups in total. The highest BCUT2D eigenvalue weighted by molar-refractivity contribution is 6.01. The highest BCUT2D eigenvalue weighted by Crippen LogP contribution is 2.38. The van der Waals surface area contributed by atoms with Gasteiger partial charge in [0.25, 0.3) is 0 Å². The maximum Gasteiger partial charge on any atom is 0.323 e. The molecular formula is C19H21N3O2. The van der Waals surface area contributed by atoms with Crippen LogP contribution in [0.4, 0.5) is 21.9 Å². The number of carbonyl (C=O) groups is 2. The van der Waals surface area contributed by atoms with Crippen molar-refractivity contribution in [2.24, 2.45) is 0 Å². The third kappa shape index (κ3) is 3.40. The van der Waals surface area contributed by atoms with E-state index in [0.29, 0.717) is 12.1 Å². The lowest BCUT2D eigenvalue weighted by Crippen LogP contribution is -2.32. The van der Waals surface area contributed by atoms with Gasteiger partial charge in [0.1, 0.15) is 0 Å². The van der Waals surface area contributed by atoms with Gasteiger partial charge in [-0.2, -0.15) is 0 Å². The molecule has 1 heterocycles. The first-order chi connectivity index (χ1) is 11.3. The Morgan fingerprint density at radius 1 is 1.04 bits per heavy atom. The number of aryl methyl sites for hydroxylation is 1. The van der Waals surface area contributed by atoms with E-state index in [1.54, 1.807) is 6.07 Å². The molecule has 0 aliphatic carbocycles. The van der Waals surface area contributed by atoms with E-state index in [1.807, 2.05) is 57.2 Å². The van der Waals surface area contributed by atoms with Crippen molar-refractivity contribution in [2.45, 2.75) is 32.6 Å². The average Bonchev–Trinajstić information content (AvgIpc) is 2.49. The number of carbonyl (C=O) groups excluding carboxylic acids is 2. The molecule has 0 bridgehead atoms. The number of hydrogen-bond donors (Lipinski definition) is 3. The molecule has 0 radical (unpaired) electrons. The lowest BCUT2D eigenvalue weighted by molar-refractivity contribution is -0.117. The van der Waals surface area contributed by atoms with Gasteiger partial charge in [-0.05, 0) is 42.8 Å². The summed E-state index contributed by atoms with van der Waals surface area (Å²) in [4.78, 5) is 23.9. The fraction of sp³-hybridized carbons (Fsp3) is 0.263. The molecule has 0 spiro atoms. The maximum absolute atomic E-state index is 12.2. The normalized spacial score (nSPS) is 15.2. The Bertz CT molecular complexity index is 795. The summed E-state index contributed by atoms with van der Waals surface area (Å²) in [7, 11) is 0. The van der Waals surface area contributed by atoms with Crippen LogP contribution in [0.5, 0.6) is 0 Å². The zero-order valence-electron chi connectivity index (χ0n) is 14.1. The summed E-state index contributed by atoms with van der Waals surface area (Å²) in [5.74, 6) is 0.0188. The monoisotopic (exact) mass is 323 g/mol. The van der Waals surface area contributed by atoms with Crippen LogP contribution in [0.15, 0.2) is 42.5 Å². The minimum Gasteiger partial charge on any atom is -0.326 e. The average molecular weight is 323 g/mol. The molecule has 2 aromatic carbocycles. The van der Waals surface area contributed by atoms with Crippen molar-refractivity contribution in [3.8, 4) is 0 Å². The van der Waals surface area contributed by atoms with Crippen molar-refractivity contribution in [1.29, 1.82) is 0 Å². The van der Waals surface area contributed by atoms with Gasteiger partial charge in [-0.15, -0.1) is 0 Å². The summed E-state index contributed by atoms with van der Waals surface area (Å²) in [6, 6.07) is 12.9. The van der Waals surface area contributed by atoms with E-state index in [9.17, 15) is 9.59 Å². The van der Waals surface area contributed by atoms with Gasteiger partial charge in [0.15, 0.2) is 0 Å². The van der Waals surface area contributed by atoms with Gasteiger partial charge in [0, 0.05) is 28.9 Å². The van der Waals surface area contributed by atoms with Crippen molar-refractivity contribution in [3.63, 3.8) is 0 Å². The van der Waals surface area contributed by atoms with E-state index in [2.05, 4.69) is 16.0 Å². The van der Waals surface area contributed by atoms with Gasteiger partial charge in [0.05, 0.1) is 0 Å². The molecule has 0 atom stereocenters. The summed E-state index contributed by atoms with van der Waals surface area (Å²) >= 11 is 0. The lowest BCUT2D eigenvalue weighted by Gasteiger charge is -2.32.